The van der Waals surface area contributed by atoms with Crippen LogP contribution in [0.1, 0.15) is 5.69 Å². The van der Waals surface area contributed by atoms with Crippen LogP contribution in [0.5, 0.6) is 5.75 Å². The molecule has 0 aliphatic heterocycles. The van der Waals surface area contributed by atoms with E-state index < -0.39 is 0 Å². The molecule has 0 saturated carbocycles. The van der Waals surface area contributed by atoms with Crippen molar-refractivity contribution in [3.63, 3.8) is 0 Å². The summed E-state index contributed by atoms with van der Waals surface area (Å²) in [6, 6.07) is 8.64. The topological polar surface area (TPSA) is 72.3 Å². The van der Waals surface area contributed by atoms with Crippen molar-refractivity contribution in [2.45, 2.75) is 6.54 Å². The second-order valence-corrected chi connectivity index (χ2v) is 2.90. The number of phenols is 1. The predicted octanol–water partition coefficient (Wildman–Crippen LogP) is 1.51. The lowest BCUT2D eigenvalue weighted by atomic mass is 10.1. The molecule has 2 aromatic rings. The maximum Gasteiger partial charge on any atom is 0.170 e. The Hall–Kier alpha value is -1.81. The lowest BCUT2D eigenvalue weighted by Gasteiger charge is -1.97. The highest BCUT2D eigenvalue weighted by molar-refractivity contribution is 5.64. The normalized spacial score (nSPS) is 10.4. The molecule has 4 heteroatoms. The summed E-state index contributed by atoms with van der Waals surface area (Å²) in [6.45, 7) is 0.330. The number of rotatable bonds is 2. The van der Waals surface area contributed by atoms with Crippen LogP contribution in [0.2, 0.25) is 0 Å². The predicted molar refractivity (Wildman–Crippen MR) is 51.5 cm³/mol. The Labute approximate surface area is 81.0 Å². The van der Waals surface area contributed by atoms with Crippen molar-refractivity contribution in [3.8, 4) is 17.1 Å². The van der Waals surface area contributed by atoms with Crippen LogP contribution in [0, 0.1) is 0 Å². The van der Waals surface area contributed by atoms with Crippen molar-refractivity contribution < 1.29 is 9.63 Å². The van der Waals surface area contributed by atoms with E-state index in [-0.39, 0.29) is 5.75 Å². The van der Waals surface area contributed by atoms with E-state index in [2.05, 4.69) is 5.16 Å². The van der Waals surface area contributed by atoms with Gasteiger partial charge in [0.2, 0.25) is 0 Å². The van der Waals surface area contributed by atoms with E-state index >= 15 is 0 Å². The summed E-state index contributed by atoms with van der Waals surface area (Å²) in [4.78, 5) is 0. The van der Waals surface area contributed by atoms with Crippen LogP contribution in [0.25, 0.3) is 11.3 Å². The SMILES string of the molecule is NCc1cc(-c2ccccc2O)on1. The zero-order valence-electron chi connectivity index (χ0n) is 7.47. The molecular weight excluding hydrogens is 180 g/mol. The number of nitrogens with zero attached hydrogens (tertiary/aromatic N) is 1. The molecule has 14 heavy (non-hydrogen) atoms. The Morgan fingerprint density at radius 1 is 1.36 bits per heavy atom. The first-order valence-corrected chi connectivity index (χ1v) is 4.25. The molecule has 0 unspecified atom stereocenters. The fraction of sp³-hybridized carbons (Fsp3) is 0.100. The quantitative estimate of drug-likeness (QED) is 0.752. The maximum absolute atomic E-state index is 9.53. The second-order valence-electron chi connectivity index (χ2n) is 2.90. The van der Waals surface area contributed by atoms with Crippen LogP contribution < -0.4 is 5.73 Å². The highest BCUT2D eigenvalue weighted by atomic mass is 16.5. The molecule has 0 fully saturated rings. The summed E-state index contributed by atoms with van der Waals surface area (Å²) >= 11 is 0. The molecule has 1 aromatic heterocycles. The molecule has 1 heterocycles. The van der Waals surface area contributed by atoms with Gasteiger partial charge in [-0.05, 0) is 12.1 Å². The minimum Gasteiger partial charge on any atom is -0.507 e. The first-order valence-electron chi connectivity index (χ1n) is 4.25. The Bertz CT molecular complexity index is 437. The van der Waals surface area contributed by atoms with Crippen LogP contribution in [0.3, 0.4) is 0 Å². The largest absolute Gasteiger partial charge is 0.507 e. The molecule has 0 amide bonds. The van der Waals surface area contributed by atoms with Gasteiger partial charge in [0.25, 0.3) is 0 Å². The zero-order chi connectivity index (χ0) is 9.97. The minimum atomic E-state index is 0.173. The third kappa shape index (κ3) is 1.47. The van der Waals surface area contributed by atoms with Gasteiger partial charge in [0.05, 0.1) is 11.3 Å². The Morgan fingerprint density at radius 2 is 2.14 bits per heavy atom. The maximum atomic E-state index is 9.53. The van der Waals surface area contributed by atoms with Gasteiger partial charge in [-0.15, -0.1) is 0 Å². The van der Waals surface area contributed by atoms with Gasteiger partial charge in [0.1, 0.15) is 5.75 Å². The lowest BCUT2D eigenvalue weighted by Crippen LogP contribution is -1.94. The molecule has 0 atom stereocenters. The van der Waals surface area contributed by atoms with Gasteiger partial charge in [-0.25, -0.2) is 0 Å². The van der Waals surface area contributed by atoms with E-state index in [9.17, 15) is 5.11 Å². The molecule has 72 valence electrons. The summed E-state index contributed by atoms with van der Waals surface area (Å²) in [6.07, 6.45) is 0. The van der Waals surface area contributed by atoms with Crippen LogP contribution >= 0.6 is 0 Å². The van der Waals surface area contributed by atoms with Crippen LogP contribution in [0.15, 0.2) is 34.9 Å². The van der Waals surface area contributed by atoms with Crippen molar-refractivity contribution in [1.82, 2.24) is 5.16 Å². The van der Waals surface area contributed by atoms with Crippen LogP contribution in [0.4, 0.5) is 0 Å². The smallest absolute Gasteiger partial charge is 0.170 e. The highest BCUT2D eigenvalue weighted by Gasteiger charge is 2.08. The van der Waals surface area contributed by atoms with Crippen molar-refractivity contribution in [3.05, 3.63) is 36.0 Å². The van der Waals surface area contributed by atoms with Crippen molar-refractivity contribution in [2.75, 3.05) is 0 Å². The van der Waals surface area contributed by atoms with E-state index in [4.69, 9.17) is 10.3 Å². The average molecular weight is 190 g/mol. The number of phenolic OH excluding ortho intramolecular Hbond substituents is 1. The number of aromatic nitrogens is 1. The van der Waals surface area contributed by atoms with Crippen molar-refractivity contribution in [2.24, 2.45) is 5.73 Å². The molecule has 4 nitrogen and oxygen atoms in total. The van der Waals surface area contributed by atoms with Crippen LogP contribution in [-0.4, -0.2) is 10.3 Å². The third-order valence-electron chi connectivity index (χ3n) is 1.94. The number of aromatic hydroxyl groups is 1. The summed E-state index contributed by atoms with van der Waals surface area (Å²) in [5.74, 6) is 0.704. The van der Waals surface area contributed by atoms with Gasteiger partial charge in [0, 0.05) is 12.6 Å². The number of nitrogens with two attached hydrogens (primary N) is 1. The van der Waals surface area contributed by atoms with Gasteiger partial charge >= 0.3 is 0 Å². The minimum absolute atomic E-state index is 0.173. The molecular formula is C10H10N2O2. The van der Waals surface area contributed by atoms with E-state index in [1.54, 1.807) is 24.3 Å². The molecule has 3 N–H and O–H groups in total. The third-order valence-corrected chi connectivity index (χ3v) is 1.94. The molecule has 0 radical (unpaired) electrons. The van der Waals surface area contributed by atoms with E-state index in [0.717, 1.165) is 0 Å². The fourth-order valence-electron chi connectivity index (χ4n) is 1.22. The average Bonchev–Trinajstić information content (AvgIpc) is 2.67. The Kier molecular flexibility index (Phi) is 2.20. The van der Waals surface area contributed by atoms with Gasteiger partial charge < -0.3 is 15.4 Å². The van der Waals surface area contributed by atoms with Crippen molar-refractivity contribution in [1.29, 1.82) is 0 Å². The van der Waals surface area contributed by atoms with Crippen LogP contribution in [-0.2, 0) is 6.54 Å². The zero-order valence-corrected chi connectivity index (χ0v) is 7.47. The first-order chi connectivity index (χ1) is 6.81. The van der Waals surface area contributed by atoms with E-state index in [1.165, 1.54) is 0 Å². The second kappa shape index (κ2) is 3.51. The standard InChI is InChI=1S/C10H10N2O2/c11-6-7-5-10(14-12-7)8-3-1-2-4-9(8)13/h1-5,13H,6,11H2. The molecule has 0 aliphatic rings. The molecule has 0 aliphatic carbocycles. The van der Waals surface area contributed by atoms with E-state index in [0.29, 0.717) is 23.6 Å². The van der Waals surface area contributed by atoms with E-state index in [1.807, 2.05) is 6.07 Å². The Balaban J connectivity index is 2.44. The molecule has 0 spiro atoms. The van der Waals surface area contributed by atoms with Gasteiger partial charge in [-0.2, -0.15) is 0 Å². The molecule has 0 saturated heterocycles. The summed E-state index contributed by atoms with van der Waals surface area (Å²) in [7, 11) is 0. The fourth-order valence-corrected chi connectivity index (χ4v) is 1.22. The first kappa shape index (κ1) is 8.77. The number of para-hydroxylation sites is 1. The number of benzene rings is 1. The van der Waals surface area contributed by atoms with Gasteiger partial charge in [0.15, 0.2) is 5.76 Å². The molecule has 0 bridgehead atoms. The summed E-state index contributed by atoms with van der Waals surface area (Å²) in [5, 5.41) is 13.3. The summed E-state index contributed by atoms with van der Waals surface area (Å²) in [5.41, 5.74) is 6.69. The monoisotopic (exact) mass is 190 g/mol. The van der Waals surface area contributed by atoms with Gasteiger partial charge in [-0.1, -0.05) is 17.3 Å². The molecule has 1 aromatic carbocycles. The Morgan fingerprint density at radius 3 is 2.79 bits per heavy atom. The van der Waals surface area contributed by atoms with Gasteiger partial charge in [-0.3, -0.25) is 0 Å². The van der Waals surface area contributed by atoms with Crippen molar-refractivity contribution >= 4 is 0 Å². The molecule has 2 rings (SSSR count). The number of hydrogen-bond acceptors (Lipinski definition) is 4. The summed E-state index contributed by atoms with van der Waals surface area (Å²) < 4.78 is 5.03. The lowest BCUT2D eigenvalue weighted by molar-refractivity contribution is 0.419. The number of hydrogen-bond donors (Lipinski definition) is 2. The highest BCUT2D eigenvalue weighted by Crippen LogP contribution is 2.28.